The predicted octanol–water partition coefficient (Wildman–Crippen LogP) is 2.77. The van der Waals surface area contributed by atoms with Crippen molar-refractivity contribution in [2.75, 3.05) is 6.61 Å². The highest BCUT2D eigenvalue weighted by atomic mass is 16.3. The summed E-state index contributed by atoms with van der Waals surface area (Å²) >= 11 is 0. The zero-order valence-corrected chi connectivity index (χ0v) is 11.1. The number of rotatable bonds is 10. The molecule has 3 nitrogen and oxygen atoms in total. The van der Waals surface area contributed by atoms with Gasteiger partial charge in [-0.05, 0) is 19.3 Å². The van der Waals surface area contributed by atoms with E-state index in [0.717, 1.165) is 25.7 Å². The van der Waals surface area contributed by atoms with E-state index in [1.807, 2.05) is 0 Å². The first kappa shape index (κ1) is 14.5. The quantitative estimate of drug-likeness (QED) is 0.578. The molecule has 1 aliphatic carbocycles. The third kappa shape index (κ3) is 6.06. The number of amides is 1. The second-order valence-corrected chi connectivity index (χ2v) is 5.36. The third-order valence-electron chi connectivity index (χ3n) is 3.57. The van der Waals surface area contributed by atoms with Crippen molar-refractivity contribution in [3.05, 3.63) is 0 Å². The summed E-state index contributed by atoms with van der Waals surface area (Å²) in [6.45, 7) is 2.31. The molecule has 0 radical (unpaired) electrons. The van der Waals surface area contributed by atoms with Crippen LogP contribution >= 0.6 is 0 Å². The van der Waals surface area contributed by atoms with E-state index in [1.165, 1.54) is 32.1 Å². The van der Waals surface area contributed by atoms with Gasteiger partial charge in [-0.3, -0.25) is 4.79 Å². The van der Waals surface area contributed by atoms with Gasteiger partial charge in [-0.1, -0.05) is 45.4 Å². The Labute approximate surface area is 105 Å². The van der Waals surface area contributed by atoms with Gasteiger partial charge in [-0.25, -0.2) is 0 Å². The van der Waals surface area contributed by atoms with Gasteiger partial charge in [-0.2, -0.15) is 0 Å². The number of aliphatic hydroxyl groups excluding tert-OH is 1. The lowest BCUT2D eigenvalue weighted by molar-refractivity contribution is -0.122. The molecule has 0 aromatic carbocycles. The smallest absolute Gasteiger partial charge is 0.220 e. The second kappa shape index (κ2) is 7.70. The molecule has 1 saturated carbocycles. The van der Waals surface area contributed by atoms with Gasteiger partial charge in [0.15, 0.2) is 0 Å². The van der Waals surface area contributed by atoms with Crippen molar-refractivity contribution in [1.29, 1.82) is 0 Å². The molecule has 1 fully saturated rings. The molecule has 2 N–H and O–H groups in total. The lowest BCUT2D eigenvalue weighted by atomic mass is 10.1. The molecule has 0 aliphatic heterocycles. The summed E-state index contributed by atoms with van der Waals surface area (Å²) in [6.07, 6.45) is 11.1. The largest absolute Gasteiger partial charge is 0.394 e. The van der Waals surface area contributed by atoms with Crippen LogP contribution in [0.1, 0.15) is 71.1 Å². The van der Waals surface area contributed by atoms with E-state index < -0.39 is 0 Å². The minimum atomic E-state index is -0.238. The fraction of sp³-hybridized carbons (Fsp3) is 0.929. The molecule has 100 valence electrons. The van der Waals surface area contributed by atoms with Crippen LogP contribution in [0.3, 0.4) is 0 Å². The maximum atomic E-state index is 11.6. The average molecular weight is 241 g/mol. The normalized spacial score (nSPS) is 16.8. The van der Waals surface area contributed by atoms with Crippen molar-refractivity contribution in [2.24, 2.45) is 0 Å². The fourth-order valence-corrected chi connectivity index (χ4v) is 2.07. The number of carbonyl (C=O) groups excluding carboxylic acids is 1. The van der Waals surface area contributed by atoms with Crippen LogP contribution in [0.2, 0.25) is 0 Å². The van der Waals surface area contributed by atoms with Crippen molar-refractivity contribution in [2.45, 2.75) is 76.7 Å². The zero-order chi connectivity index (χ0) is 12.6. The molecule has 0 atom stereocenters. The lowest BCUT2D eigenvalue weighted by Crippen LogP contribution is -2.39. The summed E-state index contributed by atoms with van der Waals surface area (Å²) in [6, 6.07) is 0. The highest BCUT2D eigenvalue weighted by Gasteiger charge is 2.43. The Kier molecular flexibility index (Phi) is 6.56. The van der Waals surface area contributed by atoms with Crippen LogP contribution in [0.25, 0.3) is 0 Å². The number of aliphatic hydroxyl groups is 1. The van der Waals surface area contributed by atoms with Crippen LogP contribution in [-0.2, 0) is 4.79 Å². The van der Waals surface area contributed by atoms with Crippen molar-refractivity contribution < 1.29 is 9.90 Å². The summed E-state index contributed by atoms with van der Waals surface area (Å²) in [5, 5.41) is 12.0. The van der Waals surface area contributed by atoms with E-state index in [4.69, 9.17) is 5.11 Å². The van der Waals surface area contributed by atoms with Crippen molar-refractivity contribution in [1.82, 2.24) is 5.32 Å². The van der Waals surface area contributed by atoms with Crippen molar-refractivity contribution >= 4 is 5.91 Å². The molecule has 0 saturated heterocycles. The van der Waals surface area contributed by atoms with Gasteiger partial charge in [0, 0.05) is 6.42 Å². The van der Waals surface area contributed by atoms with E-state index in [-0.39, 0.29) is 18.1 Å². The predicted molar refractivity (Wildman–Crippen MR) is 69.8 cm³/mol. The van der Waals surface area contributed by atoms with E-state index >= 15 is 0 Å². The summed E-state index contributed by atoms with van der Waals surface area (Å²) in [4.78, 5) is 11.6. The summed E-state index contributed by atoms with van der Waals surface area (Å²) < 4.78 is 0. The third-order valence-corrected chi connectivity index (χ3v) is 3.57. The topological polar surface area (TPSA) is 49.3 Å². The minimum absolute atomic E-state index is 0.0930. The molecule has 0 heterocycles. The fourth-order valence-electron chi connectivity index (χ4n) is 2.07. The molecule has 0 aromatic heterocycles. The van der Waals surface area contributed by atoms with Gasteiger partial charge in [0.05, 0.1) is 12.1 Å². The summed E-state index contributed by atoms with van der Waals surface area (Å²) in [7, 11) is 0. The number of carbonyl (C=O) groups is 1. The molecule has 1 rings (SSSR count). The maximum absolute atomic E-state index is 11.6. The maximum Gasteiger partial charge on any atom is 0.220 e. The molecule has 1 amide bonds. The van der Waals surface area contributed by atoms with Crippen LogP contribution < -0.4 is 5.32 Å². The minimum Gasteiger partial charge on any atom is -0.394 e. The van der Waals surface area contributed by atoms with Gasteiger partial charge in [-0.15, -0.1) is 0 Å². The molecule has 3 heteroatoms. The van der Waals surface area contributed by atoms with Crippen LogP contribution in [0, 0.1) is 0 Å². The number of hydrogen-bond donors (Lipinski definition) is 2. The Morgan fingerprint density at radius 3 is 2.24 bits per heavy atom. The van der Waals surface area contributed by atoms with Gasteiger partial charge >= 0.3 is 0 Å². The molecule has 0 unspecified atom stereocenters. The van der Waals surface area contributed by atoms with Crippen LogP contribution in [0.5, 0.6) is 0 Å². The number of nitrogens with one attached hydrogen (secondary N) is 1. The first-order valence-corrected chi connectivity index (χ1v) is 7.14. The number of hydrogen-bond acceptors (Lipinski definition) is 2. The van der Waals surface area contributed by atoms with Gasteiger partial charge in [0.1, 0.15) is 0 Å². The van der Waals surface area contributed by atoms with E-state index in [9.17, 15) is 4.79 Å². The standard InChI is InChI=1S/C14H27NO2/c1-2-3-4-5-6-7-8-9-13(17)15-14(12-16)10-11-14/h16H,2-12H2,1H3,(H,15,17). The van der Waals surface area contributed by atoms with E-state index in [2.05, 4.69) is 12.2 Å². The Morgan fingerprint density at radius 1 is 1.12 bits per heavy atom. The van der Waals surface area contributed by atoms with E-state index in [1.54, 1.807) is 0 Å². The highest BCUT2D eigenvalue weighted by Crippen LogP contribution is 2.34. The Balaban J connectivity index is 1.90. The molecular weight excluding hydrogens is 214 g/mol. The Hall–Kier alpha value is -0.570. The first-order valence-electron chi connectivity index (χ1n) is 7.14. The number of unbranched alkanes of at least 4 members (excludes halogenated alkanes) is 6. The van der Waals surface area contributed by atoms with Gasteiger partial charge < -0.3 is 10.4 Å². The SMILES string of the molecule is CCCCCCCCCC(=O)NC1(CO)CC1. The average Bonchev–Trinajstić information content (AvgIpc) is 3.08. The lowest BCUT2D eigenvalue weighted by Gasteiger charge is -2.13. The van der Waals surface area contributed by atoms with Crippen LogP contribution in [0.15, 0.2) is 0 Å². The molecule has 1 aliphatic rings. The zero-order valence-electron chi connectivity index (χ0n) is 11.1. The van der Waals surface area contributed by atoms with Crippen molar-refractivity contribution in [3.63, 3.8) is 0 Å². The first-order chi connectivity index (χ1) is 8.22. The van der Waals surface area contributed by atoms with Crippen LogP contribution in [-0.4, -0.2) is 23.2 Å². The van der Waals surface area contributed by atoms with Crippen molar-refractivity contribution in [3.8, 4) is 0 Å². The molecular formula is C14H27NO2. The van der Waals surface area contributed by atoms with Gasteiger partial charge in [0.25, 0.3) is 0 Å². The molecule has 0 bridgehead atoms. The second-order valence-electron chi connectivity index (χ2n) is 5.36. The van der Waals surface area contributed by atoms with Crippen LogP contribution in [0.4, 0.5) is 0 Å². The van der Waals surface area contributed by atoms with Gasteiger partial charge in [0.2, 0.25) is 5.91 Å². The Morgan fingerprint density at radius 2 is 1.71 bits per heavy atom. The summed E-state index contributed by atoms with van der Waals surface area (Å²) in [5.74, 6) is 0.116. The highest BCUT2D eigenvalue weighted by molar-refractivity contribution is 5.77. The molecule has 0 aromatic rings. The van der Waals surface area contributed by atoms with E-state index in [0.29, 0.717) is 6.42 Å². The summed E-state index contributed by atoms with van der Waals surface area (Å²) in [5.41, 5.74) is -0.238. The molecule has 17 heavy (non-hydrogen) atoms. The Bertz CT molecular complexity index is 224. The molecule has 0 spiro atoms. The monoisotopic (exact) mass is 241 g/mol.